The fourth-order valence-corrected chi connectivity index (χ4v) is 4.68. The van der Waals surface area contributed by atoms with E-state index < -0.39 is 10.0 Å². The van der Waals surface area contributed by atoms with E-state index in [1.54, 1.807) is 24.3 Å². The van der Waals surface area contributed by atoms with Gasteiger partial charge in [0.05, 0.1) is 24.5 Å². The second-order valence-electron chi connectivity index (χ2n) is 8.81. The van der Waals surface area contributed by atoms with E-state index in [0.717, 1.165) is 23.1 Å². The van der Waals surface area contributed by atoms with Crippen molar-refractivity contribution in [2.24, 2.45) is 5.92 Å². The highest BCUT2D eigenvalue weighted by Gasteiger charge is 2.20. The summed E-state index contributed by atoms with van der Waals surface area (Å²) < 4.78 is 26.4. The Labute approximate surface area is 197 Å². The number of hydrogen-bond donors (Lipinski definition) is 1. The number of amides is 1. The van der Waals surface area contributed by atoms with E-state index in [1.807, 2.05) is 61.5 Å². The Morgan fingerprint density at radius 2 is 1.52 bits per heavy atom. The fourth-order valence-electron chi connectivity index (χ4n) is 3.80. The third-order valence-corrected chi connectivity index (χ3v) is 6.75. The van der Waals surface area contributed by atoms with Gasteiger partial charge in [0.1, 0.15) is 0 Å². The molecule has 0 aliphatic carbocycles. The molecule has 3 rings (SSSR count). The van der Waals surface area contributed by atoms with Crippen LogP contribution in [0.15, 0.2) is 78.9 Å². The van der Waals surface area contributed by atoms with Crippen molar-refractivity contribution in [3.63, 3.8) is 0 Å². The molecule has 0 heterocycles. The van der Waals surface area contributed by atoms with Gasteiger partial charge < -0.3 is 5.32 Å². The van der Waals surface area contributed by atoms with Crippen LogP contribution >= 0.6 is 0 Å². The summed E-state index contributed by atoms with van der Waals surface area (Å²) in [6, 6.07) is 24.3. The van der Waals surface area contributed by atoms with Gasteiger partial charge in [0.25, 0.3) is 5.91 Å². The van der Waals surface area contributed by atoms with Gasteiger partial charge in [0.2, 0.25) is 10.0 Å². The van der Waals surface area contributed by atoms with Gasteiger partial charge in [-0.1, -0.05) is 68.4 Å². The maximum atomic E-state index is 13.0. The molecule has 0 fully saturated rings. The number of sulfonamides is 1. The van der Waals surface area contributed by atoms with Gasteiger partial charge in [-0.3, -0.25) is 9.10 Å². The molecular weight excluding hydrogens is 432 g/mol. The van der Waals surface area contributed by atoms with Crippen molar-refractivity contribution in [2.45, 2.75) is 39.8 Å². The van der Waals surface area contributed by atoms with Gasteiger partial charge in [0, 0.05) is 5.56 Å². The average Bonchev–Trinajstić information content (AvgIpc) is 2.77. The van der Waals surface area contributed by atoms with E-state index in [9.17, 15) is 13.2 Å². The lowest BCUT2D eigenvalue weighted by molar-refractivity contribution is 0.0932. The summed E-state index contributed by atoms with van der Waals surface area (Å²) in [5, 5.41) is 3.14. The smallest absolute Gasteiger partial charge is 0.251 e. The summed E-state index contributed by atoms with van der Waals surface area (Å²) in [6.07, 6.45) is 2.02. The van der Waals surface area contributed by atoms with Crippen LogP contribution in [0.4, 0.5) is 5.69 Å². The SMILES string of the molecule is Cc1ccccc1CN(c1ccc(C(=O)N[C@H](CC(C)C)c2ccccc2)cc1)S(C)(=O)=O. The van der Waals surface area contributed by atoms with Crippen LogP contribution < -0.4 is 9.62 Å². The van der Waals surface area contributed by atoms with Crippen LogP contribution in [-0.2, 0) is 16.6 Å². The predicted molar refractivity (Wildman–Crippen MR) is 135 cm³/mol. The molecule has 5 nitrogen and oxygen atoms in total. The number of rotatable bonds is 9. The summed E-state index contributed by atoms with van der Waals surface area (Å²) >= 11 is 0. The van der Waals surface area contributed by atoms with Crippen LogP contribution in [0, 0.1) is 12.8 Å². The molecule has 1 atom stereocenters. The van der Waals surface area contributed by atoms with Gasteiger partial charge in [-0.05, 0) is 60.2 Å². The minimum Gasteiger partial charge on any atom is -0.345 e. The zero-order valence-electron chi connectivity index (χ0n) is 19.7. The monoisotopic (exact) mass is 464 g/mol. The Balaban J connectivity index is 1.81. The summed E-state index contributed by atoms with van der Waals surface area (Å²) in [7, 11) is -3.50. The first kappa shape index (κ1) is 24.5. The van der Waals surface area contributed by atoms with Crippen molar-refractivity contribution < 1.29 is 13.2 Å². The van der Waals surface area contributed by atoms with Gasteiger partial charge in [0.15, 0.2) is 0 Å². The van der Waals surface area contributed by atoms with Crippen molar-refractivity contribution in [1.82, 2.24) is 5.32 Å². The number of nitrogens with zero attached hydrogens (tertiary/aromatic N) is 1. The Hall–Kier alpha value is -3.12. The number of carbonyl (C=O) groups is 1. The number of nitrogens with one attached hydrogen (secondary N) is 1. The molecule has 0 aliphatic heterocycles. The molecule has 1 N–H and O–H groups in total. The first-order valence-electron chi connectivity index (χ1n) is 11.1. The van der Waals surface area contributed by atoms with Gasteiger partial charge in [-0.25, -0.2) is 8.42 Å². The van der Waals surface area contributed by atoms with E-state index in [2.05, 4.69) is 19.2 Å². The largest absolute Gasteiger partial charge is 0.345 e. The van der Waals surface area contributed by atoms with Gasteiger partial charge >= 0.3 is 0 Å². The van der Waals surface area contributed by atoms with Crippen LogP contribution in [0.2, 0.25) is 0 Å². The molecule has 0 bridgehead atoms. The van der Waals surface area contributed by atoms with Crippen LogP contribution in [0.5, 0.6) is 0 Å². The first-order valence-corrected chi connectivity index (χ1v) is 13.0. The molecule has 0 unspecified atom stereocenters. The van der Waals surface area contributed by atoms with E-state index in [4.69, 9.17) is 0 Å². The standard InChI is InChI=1S/C27H32N2O3S/c1-20(2)18-26(22-11-6-5-7-12-22)28-27(30)23-14-16-25(17-15-23)29(33(4,31)32)19-24-13-9-8-10-21(24)3/h5-17,20,26H,18-19H2,1-4H3,(H,28,30)/t26-/m1/s1. The molecule has 0 spiro atoms. The summed E-state index contributed by atoms with van der Waals surface area (Å²) in [5.41, 5.74) is 4.05. The normalized spacial score (nSPS) is 12.4. The van der Waals surface area contributed by atoms with Crippen LogP contribution in [-0.4, -0.2) is 20.6 Å². The summed E-state index contributed by atoms with van der Waals surface area (Å²) in [4.78, 5) is 13.0. The van der Waals surface area contributed by atoms with Gasteiger partial charge in [-0.15, -0.1) is 0 Å². The highest BCUT2D eigenvalue weighted by atomic mass is 32.2. The fraction of sp³-hybridized carbons (Fsp3) is 0.296. The molecule has 0 aromatic heterocycles. The highest BCUT2D eigenvalue weighted by Crippen LogP contribution is 2.24. The minimum absolute atomic E-state index is 0.0908. The molecule has 0 aliphatic rings. The summed E-state index contributed by atoms with van der Waals surface area (Å²) in [6.45, 7) is 6.46. The van der Waals surface area contributed by atoms with Crippen molar-refractivity contribution >= 4 is 21.6 Å². The van der Waals surface area contributed by atoms with E-state index >= 15 is 0 Å². The maximum absolute atomic E-state index is 13.0. The lowest BCUT2D eigenvalue weighted by Crippen LogP contribution is -2.30. The third kappa shape index (κ3) is 6.68. The lowest BCUT2D eigenvalue weighted by Gasteiger charge is -2.24. The van der Waals surface area contributed by atoms with E-state index in [1.165, 1.54) is 10.6 Å². The molecule has 1 amide bonds. The van der Waals surface area contributed by atoms with Crippen LogP contribution in [0.3, 0.4) is 0 Å². The number of carbonyl (C=O) groups excluding carboxylic acids is 1. The molecule has 174 valence electrons. The molecule has 0 saturated carbocycles. The van der Waals surface area contributed by atoms with Crippen molar-refractivity contribution in [1.29, 1.82) is 0 Å². The number of aryl methyl sites for hydroxylation is 1. The lowest BCUT2D eigenvalue weighted by atomic mass is 9.96. The van der Waals surface area contributed by atoms with E-state index in [-0.39, 0.29) is 18.5 Å². The predicted octanol–water partition coefficient (Wildman–Crippen LogP) is 5.48. The number of benzene rings is 3. The second-order valence-corrected chi connectivity index (χ2v) is 10.7. The van der Waals surface area contributed by atoms with Crippen molar-refractivity contribution in [3.05, 3.63) is 101 Å². The molecule has 3 aromatic carbocycles. The Kier molecular flexibility index (Phi) is 7.92. The minimum atomic E-state index is -3.50. The highest BCUT2D eigenvalue weighted by molar-refractivity contribution is 7.92. The molecular formula is C27H32N2O3S. The maximum Gasteiger partial charge on any atom is 0.251 e. The Morgan fingerprint density at radius 3 is 2.09 bits per heavy atom. The van der Waals surface area contributed by atoms with E-state index in [0.29, 0.717) is 17.2 Å². The van der Waals surface area contributed by atoms with Crippen LogP contribution in [0.25, 0.3) is 0 Å². The number of hydrogen-bond acceptors (Lipinski definition) is 3. The third-order valence-electron chi connectivity index (χ3n) is 5.61. The molecule has 33 heavy (non-hydrogen) atoms. The quantitative estimate of drug-likeness (QED) is 0.456. The Bertz CT molecular complexity index is 1170. The molecule has 3 aromatic rings. The van der Waals surface area contributed by atoms with Crippen molar-refractivity contribution in [3.8, 4) is 0 Å². The Morgan fingerprint density at radius 1 is 0.909 bits per heavy atom. The van der Waals surface area contributed by atoms with Crippen molar-refractivity contribution in [2.75, 3.05) is 10.6 Å². The number of anilines is 1. The second kappa shape index (κ2) is 10.7. The zero-order chi connectivity index (χ0) is 24.0. The van der Waals surface area contributed by atoms with Gasteiger partial charge in [-0.2, -0.15) is 0 Å². The summed E-state index contributed by atoms with van der Waals surface area (Å²) in [5.74, 6) is 0.239. The average molecular weight is 465 g/mol. The zero-order valence-corrected chi connectivity index (χ0v) is 20.5. The van der Waals surface area contributed by atoms with Crippen LogP contribution in [0.1, 0.15) is 53.4 Å². The topological polar surface area (TPSA) is 66.5 Å². The molecule has 6 heteroatoms. The molecule has 0 saturated heterocycles. The molecule has 0 radical (unpaired) electrons. The first-order chi connectivity index (χ1) is 15.6.